The first kappa shape index (κ1) is 21.9. The summed E-state index contributed by atoms with van der Waals surface area (Å²) < 4.78 is 12.2. The largest absolute Gasteiger partial charge is 0.447 e. The number of benzene rings is 1. The number of ether oxygens (including phenoxy) is 2. The highest BCUT2D eigenvalue weighted by molar-refractivity contribution is 5.83. The van der Waals surface area contributed by atoms with Gasteiger partial charge in [-0.2, -0.15) is 4.98 Å². The monoisotopic (exact) mass is 469 g/mol. The average Bonchev–Trinajstić information content (AvgIpc) is 3.50. The lowest BCUT2D eigenvalue weighted by Crippen LogP contribution is -2.36. The summed E-state index contributed by atoms with van der Waals surface area (Å²) in [6, 6.07) is 7.88. The van der Waals surface area contributed by atoms with Crippen molar-refractivity contribution in [3.8, 4) is 0 Å². The number of alkyl carbamates (subject to hydrolysis) is 1. The Morgan fingerprint density at radius 2 is 2.12 bits per heavy atom. The van der Waals surface area contributed by atoms with Crippen LogP contribution >= 0.6 is 0 Å². The Bertz CT molecular complexity index is 1400. The molecule has 5 rings (SSSR count). The molecule has 0 saturated carbocycles. The SMILES string of the molecule is Nc1nc2c(ncn2[C@@H]2O[C@H](COC(=O)NCCc3c[nH]c4ccccc34)C(O)[C@@H]2O)c(=O)[nH]1. The van der Waals surface area contributed by atoms with Gasteiger partial charge in [0.1, 0.15) is 24.9 Å². The lowest BCUT2D eigenvalue weighted by molar-refractivity contribution is -0.0533. The predicted molar refractivity (Wildman–Crippen MR) is 120 cm³/mol. The standard InChI is InChI=1S/C21H23N7O6/c22-20-26-17-14(18(31)27-20)25-9-28(17)19-16(30)15(29)13(34-19)8-33-21(32)23-6-5-10-7-24-12-4-2-1-3-11(10)12/h1-4,7,9,13,15-16,19,24,29-30H,5-6,8H2,(H,23,32)(H3,22,26,27,31)/t13-,15?,16+,19-/m1/s1. The van der Waals surface area contributed by atoms with E-state index in [0.29, 0.717) is 13.0 Å². The number of para-hydroxylation sites is 1. The van der Waals surface area contributed by atoms with E-state index >= 15 is 0 Å². The number of rotatable bonds is 6. The molecule has 4 heterocycles. The number of nitrogens with two attached hydrogens (primary N) is 1. The molecular weight excluding hydrogens is 446 g/mol. The second kappa shape index (κ2) is 8.78. The molecule has 4 aromatic rings. The second-order valence-electron chi connectivity index (χ2n) is 7.96. The molecule has 1 aliphatic heterocycles. The number of aromatic nitrogens is 5. The summed E-state index contributed by atoms with van der Waals surface area (Å²) in [5.41, 5.74) is 7.24. The molecule has 4 atom stereocenters. The van der Waals surface area contributed by atoms with Crippen molar-refractivity contribution in [3.05, 3.63) is 52.7 Å². The molecule has 178 valence electrons. The van der Waals surface area contributed by atoms with Gasteiger partial charge in [0.15, 0.2) is 17.4 Å². The molecule has 1 amide bonds. The molecule has 0 aliphatic carbocycles. The van der Waals surface area contributed by atoms with Crippen molar-refractivity contribution in [1.82, 2.24) is 29.8 Å². The van der Waals surface area contributed by atoms with Crippen molar-refractivity contribution in [2.45, 2.75) is 31.0 Å². The minimum absolute atomic E-state index is 0.00812. The quantitative estimate of drug-likeness (QED) is 0.221. The van der Waals surface area contributed by atoms with Crippen LogP contribution in [0.3, 0.4) is 0 Å². The second-order valence-corrected chi connectivity index (χ2v) is 7.96. The van der Waals surface area contributed by atoms with Gasteiger partial charge in [0.05, 0.1) is 6.33 Å². The van der Waals surface area contributed by atoms with Crippen molar-refractivity contribution in [1.29, 1.82) is 0 Å². The fourth-order valence-electron chi connectivity index (χ4n) is 4.07. The molecule has 0 spiro atoms. The highest BCUT2D eigenvalue weighted by Gasteiger charge is 2.45. The lowest BCUT2D eigenvalue weighted by Gasteiger charge is -2.16. The van der Waals surface area contributed by atoms with Crippen molar-refractivity contribution >= 4 is 34.1 Å². The van der Waals surface area contributed by atoms with E-state index in [0.717, 1.165) is 16.5 Å². The molecule has 0 bridgehead atoms. The number of fused-ring (bicyclic) bond motifs is 2. The highest BCUT2D eigenvalue weighted by Crippen LogP contribution is 2.31. The molecule has 1 fully saturated rings. The van der Waals surface area contributed by atoms with Crippen LogP contribution in [0.2, 0.25) is 0 Å². The van der Waals surface area contributed by atoms with Gasteiger partial charge in [-0.05, 0) is 18.1 Å². The van der Waals surface area contributed by atoms with E-state index in [1.165, 1.54) is 10.9 Å². The molecule has 1 aliphatic rings. The summed E-state index contributed by atoms with van der Waals surface area (Å²) in [6.45, 7) is 0.0547. The molecule has 3 aromatic heterocycles. The Kier molecular flexibility index (Phi) is 5.65. The first-order valence-electron chi connectivity index (χ1n) is 10.6. The maximum absolute atomic E-state index is 12.1. The number of aliphatic hydroxyl groups excluding tert-OH is 2. The van der Waals surface area contributed by atoms with Gasteiger partial charge in [-0.1, -0.05) is 18.2 Å². The van der Waals surface area contributed by atoms with E-state index in [1.807, 2.05) is 30.5 Å². The number of carbonyl (C=O) groups is 1. The Labute approximate surface area is 191 Å². The predicted octanol–water partition coefficient (Wildman–Crippen LogP) is -0.229. The van der Waals surface area contributed by atoms with Crippen molar-refractivity contribution in [3.63, 3.8) is 0 Å². The molecule has 7 N–H and O–H groups in total. The van der Waals surface area contributed by atoms with Crippen LogP contribution in [0.25, 0.3) is 22.1 Å². The molecule has 1 unspecified atom stereocenters. The lowest BCUT2D eigenvalue weighted by atomic mass is 10.1. The van der Waals surface area contributed by atoms with E-state index in [-0.39, 0.29) is 23.7 Å². The number of H-pyrrole nitrogens is 2. The van der Waals surface area contributed by atoms with Crippen LogP contribution in [0.5, 0.6) is 0 Å². The Morgan fingerprint density at radius 3 is 2.97 bits per heavy atom. The zero-order valence-corrected chi connectivity index (χ0v) is 17.8. The number of imidazole rings is 1. The number of carbonyl (C=O) groups excluding carboxylic acids is 1. The van der Waals surface area contributed by atoms with Gasteiger partial charge in [-0.15, -0.1) is 0 Å². The summed E-state index contributed by atoms with van der Waals surface area (Å²) in [6.07, 6.45) is -1.75. The highest BCUT2D eigenvalue weighted by atomic mass is 16.6. The van der Waals surface area contributed by atoms with Crippen molar-refractivity contribution in [2.24, 2.45) is 0 Å². The van der Waals surface area contributed by atoms with Crippen molar-refractivity contribution < 1.29 is 24.5 Å². The van der Waals surface area contributed by atoms with Gasteiger partial charge in [0.25, 0.3) is 5.56 Å². The Morgan fingerprint density at radius 1 is 1.29 bits per heavy atom. The third-order valence-corrected chi connectivity index (χ3v) is 5.78. The number of nitrogen functional groups attached to an aromatic ring is 1. The van der Waals surface area contributed by atoms with E-state index in [2.05, 4.69) is 25.3 Å². The number of hydrogen-bond donors (Lipinski definition) is 6. The summed E-state index contributed by atoms with van der Waals surface area (Å²) in [5, 5.41) is 24.6. The number of aromatic amines is 2. The van der Waals surface area contributed by atoms with E-state index in [1.54, 1.807) is 0 Å². The number of amides is 1. The van der Waals surface area contributed by atoms with Gasteiger partial charge >= 0.3 is 6.09 Å². The summed E-state index contributed by atoms with van der Waals surface area (Å²) in [4.78, 5) is 37.6. The molecular formula is C21H23N7O6. The number of aliphatic hydroxyl groups is 2. The molecule has 1 saturated heterocycles. The number of nitrogens with zero attached hydrogens (tertiary/aromatic N) is 3. The minimum atomic E-state index is -1.38. The third-order valence-electron chi connectivity index (χ3n) is 5.78. The summed E-state index contributed by atoms with van der Waals surface area (Å²) >= 11 is 0. The maximum atomic E-state index is 12.1. The van der Waals surface area contributed by atoms with Crippen LogP contribution in [0.4, 0.5) is 10.7 Å². The maximum Gasteiger partial charge on any atom is 0.407 e. The van der Waals surface area contributed by atoms with Gasteiger partial charge in [-0.25, -0.2) is 9.78 Å². The van der Waals surface area contributed by atoms with Crippen LogP contribution in [0.1, 0.15) is 11.8 Å². The van der Waals surface area contributed by atoms with Crippen LogP contribution in [-0.2, 0) is 15.9 Å². The average molecular weight is 469 g/mol. The molecule has 1 aromatic carbocycles. The number of nitrogens with one attached hydrogen (secondary N) is 3. The van der Waals surface area contributed by atoms with Crippen molar-refractivity contribution in [2.75, 3.05) is 18.9 Å². The van der Waals surface area contributed by atoms with Crippen LogP contribution in [-0.4, -0.2) is 72.3 Å². The van der Waals surface area contributed by atoms with Gasteiger partial charge in [-0.3, -0.25) is 14.3 Å². The Balaban J connectivity index is 1.17. The zero-order valence-electron chi connectivity index (χ0n) is 17.8. The van der Waals surface area contributed by atoms with E-state index in [4.69, 9.17) is 15.2 Å². The van der Waals surface area contributed by atoms with Crippen LogP contribution in [0.15, 0.2) is 41.6 Å². The van der Waals surface area contributed by atoms with Crippen LogP contribution in [0, 0.1) is 0 Å². The molecule has 13 heteroatoms. The van der Waals surface area contributed by atoms with Crippen LogP contribution < -0.4 is 16.6 Å². The van der Waals surface area contributed by atoms with E-state index < -0.39 is 36.2 Å². The number of anilines is 1. The Hall–Kier alpha value is -3.94. The molecule has 34 heavy (non-hydrogen) atoms. The van der Waals surface area contributed by atoms with Gasteiger partial charge in [0.2, 0.25) is 5.95 Å². The normalized spacial score (nSPS) is 22.4. The summed E-state index contributed by atoms with van der Waals surface area (Å²) in [7, 11) is 0. The molecule has 13 nitrogen and oxygen atoms in total. The zero-order chi connectivity index (χ0) is 23.8. The first-order chi connectivity index (χ1) is 16.4. The van der Waals surface area contributed by atoms with E-state index in [9.17, 15) is 19.8 Å². The topological polar surface area (TPSA) is 193 Å². The van der Waals surface area contributed by atoms with Gasteiger partial charge in [0, 0.05) is 23.6 Å². The first-order valence-corrected chi connectivity index (χ1v) is 10.6. The molecule has 0 radical (unpaired) electrons. The fourth-order valence-corrected chi connectivity index (χ4v) is 4.07. The smallest absolute Gasteiger partial charge is 0.407 e. The minimum Gasteiger partial charge on any atom is -0.447 e. The third kappa shape index (κ3) is 3.96. The summed E-state index contributed by atoms with van der Waals surface area (Å²) in [5.74, 6) is -0.128. The van der Waals surface area contributed by atoms with Gasteiger partial charge < -0.3 is 35.7 Å². The fraction of sp³-hybridized carbons (Fsp3) is 0.333. The number of hydrogen-bond acceptors (Lipinski definition) is 9.